The van der Waals surface area contributed by atoms with Crippen molar-refractivity contribution < 1.29 is 14.9 Å². The smallest absolute Gasteiger partial charge is 0.111 e. The molecule has 0 amide bonds. The first kappa shape index (κ1) is 9.40. The summed E-state index contributed by atoms with van der Waals surface area (Å²) in [6.07, 6.45) is 1.86. The van der Waals surface area contributed by atoms with Crippen LogP contribution in [0, 0.1) is 0 Å². The molecule has 0 aromatic rings. The maximum absolute atomic E-state index is 9.74. The molecule has 4 nitrogen and oxygen atoms in total. The van der Waals surface area contributed by atoms with Crippen molar-refractivity contribution in [3.05, 3.63) is 0 Å². The van der Waals surface area contributed by atoms with Gasteiger partial charge in [0.2, 0.25) is 0 Å². The van der Waals surface area contributed by atoms with Crippen LogP contribution >= 0.6 is 0 Å². The van der Waals surface area contributed by atoms with Crippen LogP contribution < -0.4 is 5.73 Å². The van der Waals surface area contributed by atoms with Gasteiger partial charge in [-0.3, -0.25) is 0 Å². The van der Waals surface area contributed by atoms with Crippen molar-refractivity contribution in [1.82, 2.24) is 0 Å². The molecule has 4 heteroatoms. The first-order valence-corrected chi connectivity index (χ1v) is 4.90. The Kier molecular flexibility index (Phi) is 2.32. The zero-order valence-electron chi connectivity index (χ0n) is 7.65. The molecule has 2 aliphatic rings. The normalized spacial score (nSPS) is 51.5. The number of aliphatic hydroxyl groups excluding tert-OH is 2. The van der Waals surface area contributed by atoms with Gasteiger partial charge >= 0.3 is 0 Å². The van der Waals surface area contributed by atoms with Gasteiger partial charge < -0.3 is 20.7 Å². The molecular weight excluding hydrogens is 170 g/mol. The molecule has 2 atom stereocenters. The standard InChI is InChI=1S/C9H17NO3/c10-6-1-3-9(4-2-6)8(12)7(11)5-13-9/h6-8,11-12H,1-5,10H2. The third-order valence-corrected chi connectivity index (χ3v) is 3.32. The summed E-state index contributed by atoms with van der Waals surface area (Å²) in [5, 5.41) is 19.1. The van der Waals surface area contributed by atoms with Gasteiger partial charge in [0.15, 0.2) is 0 Å². The van der Waals surface area contributed by atoms with Gasteiger partial charge in [-0.05, 0) is 25.7 Å². The molecule has 2 fully saturated rings. The van der Waals surface area contributed by atoms with Crippen LogP contribution in [-0.2, 0) is 4.74 Å². The second kappa shape index (κ2) is 3.20. The van der Waals surface area contributed by atoms with E-state index in [1.807, 2.05) is 0 Å². The number of ether oxygens (including phenoxy) is 1. The monoisotopic (exact) mass is 187 g/mol. The lowest BCUT2D eigenvalue weighted by Gasteiger charge is -2.37. The highest BCUT2D eigenvalue weighted by molar-refractivity contribution is 5.00. The molecule has 1 aliphatic heterocycles. The van der Waals surface area contributed by atoms with Crippen molar-refractivity contribution in [2.24, 2.45) is 5.73 Å². The summed E-state index contributed by atoms with van der Waals surface area (Å²) >= 11 is 0. The zero-order chi connectivity index (χ0) is 9.47. The molecule has 1 saturated heterocycles. The van der Waals surface area contributed by atoms with Gasteiger partial charge in [0, 0.05) is 6.04 Å². The predicted molar refractivity (Wildman–Crippen MR) is 47.1 cm³/mol. The second-order valence-corrected chi connectivity index (χ2v) is 4.23. The van der Waals surface area contributed by atoms with Gasteiger partial charge in [-0.2, -0.15) is 0 Å². The van der Waals surface area contributed by atoms with Crippen LogP contribution in [0.25, 0.3) is 0 Å². The van der Waals surface area contributed by atoms with Gasteiger partial charge in [0.1, 0.15) is 12.2 Å². The number of aliphatic hydroxyl groups is 2. The Labute approximate surface area is 77.7 Å². The third-order valence-electron chi connectivity index (χ3n) is 3.32. The molecule has 76 valence electrons. The zero-order valence-corrected chi connectivity index (χ0v) is 7.65. The Morgan fingerprint density at radius 1 is 1.23 bits per heavy atom. The fraction of sp³-hybridized carbons (Fsp3) is 1.00. The summed E-state index contributed by atoms with van der Waals surface area (Å²) in [6, 6.07) is 0.235. The summed E-state index contributed by atoms with van der Waals surface area (Å²) < 4.78 is 5.50. The molecule has 13 heavy (non-hydrogen) atoms. The van der Waals surface area contributed by atoms with E-state index in [0.717, 1.165) is 25.7 Å². The van der Waals surface area contributed by atoms with E-state index in [1.54, 1.807) is 0 Å². The Hall–Kier alpha value is -0.160. The second-order valence-electron chi connectivity index (χ2n) is 4.23. The fourth-order valence-corrected chi connectivity index (χ4v) is 2.35. The molecule has 1 heterocycles. The molecule has 4 N–H and O–H groups in total. The molecule has 1 spiro atoms. The SMILES string of the molecule is NC1CCC2(CC1)OCC(O)C2O. The number of hydrogen-bond acceptors (Lipinski definition) is 4. The summed E-state index contributed by atoms with van der Waals surface area (Å²) in [5.74, 6) is 0. The molecule has 0 bridgehead atoms. The number of nitrogens with two attached hydrogens (primary N) is 1. The minimum Gasteiger partial charge on any atom is -0.388 e. The highest BCUT2D eigenvalue weighted by Crippen LogP contribution is 2.39. The van der Waals surface area contributed by atoms with E-state index in [9.17, 15) is 10.2 Å². The van der Waals surface area contributed by atoms with Crippen LogP contribution in [0.1, 0.15) is 25.7 Å². The van der Waals surface area contributed by atoms with Crippen molar-refractivity contribution in [2.45, 2.75) is 49.5 Å². The van der Waals surface area contributed by atoms with Gasteiger partial charge in [-0.25, -0.2) is 0 Å². The molecule has 2 unspecified atom stereocenters. The highest BCUT2D eigenvalue weighted by Gasteiger charge is 2.49. The van der Waals surface area contributed by atoms with Crippen LogP contribution in [-0.4, -0.2) is 40.7 Å². The van der Waals surface area contributed by atoms with Crippen LogP contribution in [0.2, 0.25) is 0 Å². The summed E-state index contributed by atoms with van der Waals surface area (Å²) in [5.41, 5.74) is 5.28. The van der Waals surface area contributed by atoms with Gasteiger partial charge in [-0.15, -0.1) is 0 Å². The van der Waals surface area contributed by atoms with Crippen LogP contribution in [0.3, 0.4) is 0 Å². The molecule has 0 aromatic carbocycles. The van der Waals surface area contributed by atoms with Gasteiger partial charge in [0.25, 0.3) is 0 Å². The van der Waals surface area contributed by atoms with Gasteiger partial charge in [-0.1, -0.05) is 0 Å². The average Bonchev–Trinajstić information content (AvgIpc) is 2.40. The highest BCUT2D eigenvalue weighted by atomic mass is 16.5. The summed E-state index contributed by atoms with van der Waals surface area (Å²) in [6.45, 7) is 0.260. The van der Waals surface area contributed by atoms with E-state index in [2.05, 4.69) is 0 Å². The molecule has 1 aliphatic carbocycles. The maximum atomic E-state index is 9.74. The summed E-state index contributed by atoms with van der Waals surface area (Å²) in [4.78, 5) is 0. The lowest BCUT2D eigenvalue weighted by Crippen LogP contribution is -2.47. The predicted octanol–water partition coefficient (Wildman–Crippen LogP) is -0.622. The Bertz CT molecular complexity index is 189. The van der Waals surface area contributed by atoms with Crippen molar-refractivity contribution in [1.29, 1.82) is 0 Å². The maximum Gasteiger partial charge on any atom is 0.111 e. The van der Waals surface area contributed by atoms with Crippen molar-refractivity contribution in [3.8, 4) is 0 Å². The quantitative estimate of drug-likeness (QED) is 0.472. The largest absolute Gasteiger partial charge is 0.388 e. The van der Waals surface area contributed by atoms with Gasteiger partial charge in [0.05, 0.1) is 12.2 Å². The Morgan fingerprint density at radius 2 is 1.85 bits per heavy atom. The molecule has 2 rings (SSSR count). The number of hydrogen-bond donors (Lipinski definition) is 3. The van der Waals surface area contributed by atoms with Crippen LogP contribution in [0.5, 0.6) is 0 Å². The first-order chi connectivity index (χ1) is 6.14. The Morgan fingerprint density at radius 3 is 2.31 bits per heavy atom. The van der Waals surface area contributed by atoms with E-state index in [-0.39, 0.29) is 12.6 Å². The van der Waals surface area contributed by atoms with E-state index in [1.165, 1.54) is 0 Å². The topological polar surface area (TPSA) is 75.7 Å². The summed E-state index contributed by atoms with van der Waals surface area (Å²) in [7, 11) is 0. The molecular formula is C9H17NO3. The fourth-order valence-electron chi connectivity index (χ4n) is 2.35. The first-order valence-electron chi connectivity index (χ1n) is 4.90. The Balaban J connectivity index is 2.05. The lowest BCUT2D eigenvalue weighted by atomic mass is 9.79. The van der Waals surface area contributed by atoms with Crippen LogP contribution in [0.15, 0.2) is 0 Å². The van der Waals surface area contributed by atoms with Crippen molar-refractivity contribution >= 4 is 0 Å². The van der Waals surface area contributed by atoms with E-state index in [4.69, 9.17) is 10.5 Å². The molecule has 0 radical (unpaired) electrons. The van der Waals surface area contributed by atoms with E-state index >= 15 is 0 Å². The minimum absolute atomic E-state index is 0.235. The molecule has 0 aromatic heterocycles. The van der Waals surface area contributed by atoms with Crippen molar-refractivity contribution in [3.63, 3.8) is 0 Å². The van der Waals surface area contributed by atoms with E-state index in [0.29, 0.717) is 0 Å². The lowest BCUT2D eigenvalue weighted by molar-refractivity contribution is -0.0882. The van der Waals surface area contributed by atoms with Crippen molar-refractivity contribution in [2.75, 3.05) is 6.61 Å². The van der Waals surface area contributed by atoms with E-state index < -0.39 is 17.8 Å². The third kappa shape index (κ3) is 1.48. The average molecular weight is 187 g/mol. The minimum atomic E-state index is -0.722. The van der Waals surface area contributed by atoms with Crippen LogP contribution in [0.4, 0.5) is 0 Å². The number of rotatable bonds is 0. The molecule has 1 saturated carbocycles.